The van der Waals surface area contributed by atoms with Crippen LogP contribution in [0.5, 0.6) is 0 Å². The van der Waals surface area contributed by atoms with Crippen LogP contribution in [0.4, 0.5) is 0 Å². The van der Waals surface area contributed by atoms with E-state index in [1.54, 1.807) is 30.3 Å². The van der Waals surface area contributed by atoms with Gasteiger partial charge in [0.05, 0.1) is 12.3 Å². The Kier molecular flexibility index (Phi) is 7.98. The van der Waals surface area contributed by atoms with Crippen LogP contribution in [-0.2, 0) is 11.3 Å². The molecule has 0 bridgehead atoms. The molecule has 6 heteroatoms. The second kappa shape index (κ2) is 9.81. The summed E-state index contributed by atoms with van der Waals surface area (Å²) in [6, 6.07) is 7.71. The molecule has 2 radical (unpaired) electrons. The van der Waals surface area contributed by atoms with Crippen LogP contribution in [-0.4, -0.2) is 46.0 Å². The Labute approximate surface area is 176 Å². The van der Waals surface area contributed by atoms with Gasteiger partial charge in [0.25, 0.3) is 5.91 Å². The first kappa shape index (κ1) is 22.8. The molecule has 2 rings (SSSR count). The molecule has 28 heavy (non-hydrogen) atoms. The molecule has 1 aromatic heterocycles. The molecule has 1 aromatic carbocycles. The zero-order chi connectivity index (χ0) is 20.9. The predicted octanol–water partition coefficient (Wildman–Crippen LogP) is 5.49. The van der Waals surface area contributed by atoms with E-state index in [1.165, 1.54) is 4.88 Å². The highest BCUT2D eigenvalue weighted by Gasteiger charge is 2.18. The minimum atomic E-state index is 0.0123. The molecule has 0 N–H and O–H groups in total. The summed E-state index contributed by atoms with van der Waals surface area (Å²) >= 11 is 1.72. The van der Waals surface area contributed by atoms with Gasteiger partial charge in [-0.3, -0.25) is 4.79 Å². The van der Waals surface area contributed by atoms with E-state index < -0.39 is 0 Å². The highest BCUT2D eigenvalue weighted by molar-refractivity contribution is 7.15. The number of thiazole rings is 1. The van der Waals surface area contributed by atoms with E-state index in [0.717, 1.165) is 38.8 Å². The molecule has 0 saturated carbocycles. The standard InChI is InChI=1S/C22H32N2O2SSi/c1-15(2)19-18(14-26-13-12-22(3,4)28-7)23-20(27-19)16-8-10-17(11-9-16)21(25)24(5)6/h8-11,15H,12-14H2,1-7H3. The van der Waals surface area contributed by atoms with E-state index in [1.807, 2.05) is 24.3 Å². The maximum Gasteiger partial charge on any atom is 0.253 e. The number of hydrogen-bond donors (Lipinski definition) is 0. The zero-order valence-corrected chi connectivity index (χ0v) is 19.9. The summed E-state index contributed by atoms with van der Waals surface area (Å²) < 4.78 is 5.97. The van der Waals surface area contributed by atoms with Gasteiger partial charge in [-0.15, -0.1) is 11.3 Å². The molecule has 0 fully saturated rings. The van der Waals surface area contributed by atoms with Crippen LogP contribution in [0.3, 0.4) is 0 Å². The second-order valence-corrected chi connectivity index (χ2v) is 11.1. The minimum Gasteiger partial charge on any atom is -0.375 e. The molecular weight excluding hydrogens is 384 g/mol. The maximum atomic E-state index is 12.1. The second-order valence-electron chi connectivity index (χ2n) is 8.20. The Bertz CT molecular complexity index is 782. The highest BCUT2D eigenvalue weighted by atomic mass is 32.1. The van der Waals surface area contributed by atoms with Crippen molar-refractivity contribution < 1.29 is 9.53 Å². The minimum absolute atomic E-state index is 0.0123. The predicted molar refractivity (Wildman–Crippen MR) is 120 cm³/mol. The molecular formula is C22H32N2O2SSi. The van der Waals surface area contributed by atoms with Gasteiger partial charge in [0.15, 0.2) is 0 Å². The lowest BCUT2D eigenvalue weighted by Crippen LogP contribution is -2.21. The lowest BCUT2D eigenvalue weighted by atomic mass is 10.1. The van der Waals surface area contributed by atoms with Crippen molar-refractivity contribution in [2.75, 3.05) is 20.7 Å². The third kappa shape index (κ3) is 6.00. The third-order valence-electron chi connectivity index (χ3n) is 4.82. The number of rotatable bonds is 9. The quantitative estimate of drug-likeness (QED) is 0.401. The van der Waals surface area contributed by atoms with Crippen LogP contribution >= 0.6 is 11.3 Å². The highest BCUT2D eigenvalue weighted by Crippen LogP contribution is 2.34. The van der Waals surface area contributed by atoms with E-state index >= 15 is 0 Å². The molecule has 152 valence electrons. The monoisotopic (exact) mass is 416 g/mol. The van der Waals surface area contributed by atoms with Gasteiger partial charge < -0.3 is 9.64 Å². The molecule has 0 spiro atoms. The van der Waals surface area contributed by atoms with Crippen molar-refractivity contribution in [2.45, 2.75) is 58.2 Å². The zero-order valence-electron chi connectivity index (χ0n) is 18.1. The molecule has 0 saturated heterocycles. The summed E-state index contributed by atoms with van der Waals surface area (Å²) in [5.74, 6) is 0.422. The van der Waals surface area contributed by atoms with Crippen LogP contribution < -0.4 is 0 Å². The molecule has 0 aliphatic rings. The number of benzene rings is 1. The van der Waals surface area contributed by atoms with Crippen molar-refractivity contribution in [3.8, 4) is 10.6 Å². The Morgan fingerprint density at radius 1 is 1.25 bits per heavy atom. The van der Waals surface area contributed by atoms with Gasteiger partial charge in [-0.2, -0.15) is 0 Å². The fourth-order valence-electron chi connectivity index (χ4n) is 2.68. The Balaban J connectivity index is 2.12. The lowest BCUT2D eigenvalue weighted by Gasteiger charge is -2.21. The van der Waals surface area contributed by atoms with Gasteiger partial charge in [-0.1, -0.05) is 46.4 Å². The molecule has 0 atom stereocenters. The van der Waals surface area contributed by atoms with Gasteiger partial charge in [-0.05, 0) is 29.5 Å². The van der Waals surface area contributed by atoms with Crippen LogP contribution in [0.25, 0.3) is 10.6 Å². The lowest BCUT2D eigenvalue weighted by molar-refractivity contribution is 0.0827. The fraction of sp³-hybridized carbons (Fsp3) is 0.545. The fourth-order valence-corrected chi connectivity index (χ4v) is 4.10. The number of ether oxygens (including phenoxy) is 1. The van der Waals surface area contributed by atoms with Crippen LogP contribution in [0.1, 0.15) is 61.0 Å². The van der Waals surface area contributed by atoms with E-state index in [2.05, 4.69) is 34.2 Å². The van der Waals surface area contributed by atoms with Gasteiger partial charge in [0.2, 0.25) is 0 Å². The first-order valence-electron chi connectivity index (χ1n) is 9.73. The van der Waals surface area contributed by atoms with Crippen molar-refractivity contribution in [2.24, 2.45) is 0 Å². The van der Waals surface area contributed by atoms with Gasteiger partial charge in [0, 0.05) is 46.2 Å². The molecule has 0 aliphatic carbocycles. The summed E-state index contributed by atoms with van der Waals surface area (Å²) in [5.41, 5.74) is 2.78. The summed E-state index contributed by atoms with van der Waals surface area (Å²) in [6.07, 6.45) is 1.07. The summed E-state index contributed by atoms with van der Waals surface area (Å²) in [6.45, 7) is 12.5. The SMILES string of the molecule is C[Si]C(C)(C)CCOCc1nc(-c2ccc(C(=O)N(C)C)cc2)sc1C(C)C. The average Bonchev–Trinajstić information content (AvgIpc) is 3.09. The Hall–Kier alpha value is -1.50. The average molecular weight is 417 g/mol. The van der Waals surface area contributed by atoms with E-state index in [-0.39, 0.29) is 5.91 Å². The van der Waals surface area contributed by atoms with Crippen molar-refractivity contribution >= 4 is 26.8 Å². The molecule has 0 unspecified atom stereocenters. The number of carbonyl (C=O) groups is 1. The van der Waals surface area contributed by atoms with Crippen LogP contribution in [0.2, 0.25) is 11.6 Å². The smallest absolute Gasteiger partial charge is 0.253 e. The maximum absolute atomic E-state index is 12.1. The first-order valence-corrected chi connectivity index (χ1v) is 12.0. The largest absolute Gasteiger partial charge is 0.375 e. The molecule has 2 aromatic rings. The molecule has 0 aliphatic heterocycles. The number of amides is 1. The Morgan fingerprint density at radius 2 is 1.89 bits per heavy atom. The van der Waals surface area contributed by atoms with Crippen molar-refractivity contribution in [3.05, 3.63) is 40.4 Å². The van der Waals surface area contributed by atoms with E-state index in [9.17, 15) is 4.79 Å². The van der Waals surface area contributed by atoms with Gasteiger partial charge in [-0.25, -0.2) is 4.98 Å². The number of aromatic nitrogens is 1. The normalized spacial score (nSPS) is 11.9. The molecule has 4 nitrogen and oxygen atoms in total. The topological polar surface area (TPSA) is 42.4 Å². The molecule has 1 heterocycles. The van der Waals surface area contributed by atoms with Crippen LogP contribution in [0, 0.1) is 0 Å². The first-order chi connectivity index (χ1) is 13.1. The van der Waals surface area contributed by atoms with E-state index in [0.29, 0.717) is 23.1 Å². The summed E-state index contributed by atoms with van der Waals surface area (Å²) in [5, 5.41) is 1.33. The van der Waals surface area contributed by atoms with Crippen molar-refractivity contribution in [3.63, 3.8) is 0 Å². The number of hydrogen-bond acceptors (Lipinski definition) is 4. The van der Waals surface area contributed by atoms with Crippen LogP contribution in [0.15, 0.2) is 24.3 Å². The van der Waals surface area contributed by atoms with Gasteiger partial charge >= 0.3 is 0 Å². The Morgan fingerprint density at radius 3 is 2.43 bits per heavy atom. The van der Waals surface area contributed by atoms with Gasteiger partial charge in [0.1, 0.15) is 5.01 Å². The van der Waals surface area contributed by atoms with Crippen molar-refractivity contribution in [1.82, 2.24) is 9.88 Å². The van der Waals surface area contributed by atoms with Crippen molar-refractivity contribution in [1.29, 1.82) is 0 Å². The summed E-state index contributed by atoms with van der Waals surface area (Å²) in [4.78, 5) is 19.8. The molecule has 1 amide bonds. The summed E-state index contributed by atoms with van der Waals surface area (Å²) in [7, 11) is 4.44. The third-order valence-corrected chi connectivity index (χ3v) is 7.87. The van der Waals surface area contributed by atoms with E-state index in [4.69, 9.17) is 9.72 Å². The number of carbonyl (C=O) groups excluding carboxylic acids is 1. The number of nitrogens with zero attached hydrogens (tertiary/aromatic N) is 2.